The zero-order valence-electron chi connectivity index (χ0n) is 3.89. The quantitative estimate of drug-likeness (QED) is 0.376. The molecule has 0 aromatic rings. The van der Waals surface area contributed by atoms with Gasteiger partial charge in [-0.3, -0.25) is 4.79 Å². The van der Waals surface area contributed by atoms with Crippen molar-refractivity contribution in [3.63, 3.8) is 0 Å². The van der Waals surface area contributed by atoms with Gasteiger partial charge in [0.1, 0.15) is 12.6 Å². The standard InChI is InChI=1S/C5H6O2/c1-5(4-7)2-3-6/h3-4H,1-2H2. The van der Waals surface area contributed by atoms with Crippen LogP contribution in [0.1, 0.15) is 6.42 Å². The van der Waals surface area contributed by atoms with Crippen LogP contribution in [-0.2, 0) is 9.59 Å². The Kier molecular flexibility index (Phi) is 2.85. The molecular weight excluding hydrogens is 92.1 g/mol. The van der Waals surface area contributed by atoms with Crippen molar-refractivity contribution in [2.24, 2.45) is 0 Å². The number of aldehydes is 2. The molecule has 0 aliphatic carbocycles. The van der Waals surface area contributed by atoms with Crippen LogP contribution in [0.15, 0.2) is 12.2 Å². The van der Waals surface area contributed by atoms with E-state index in [1.165, 1.54) is 0 Å². The molecule has 0 rings (SSSR count). The van der Waals surface area contributed by atoms with Crippen molar-refractivity contribution in [3.05, 3.63) is 12.2 Å². The monoisotopic (exact) mass is 98.0 g/mol. The van der Waals surface area contributed by atoms with Crippen molar-refractivity contribution >= 4 is 12.6 Å². The third-order valence-corrected chi connectivity index (χ3v) is 0.512. The maximum absolute atomic E-state index is 9.64. The van der Waals surface area contributed by atoms with E-state index in [0.717, 1.165) is 0 Å². The SMILES string of the molecule is C=C(C=O)CC=O. The van der Waals surface area contributed by atoms with Gasteiger partial charge >= 0.3 is 0 Å². The topological polar surface area (TPSA) is 34.1 Å². The lowest BCUT2D eigenvalue weighted by Crippen LogP contribution is -1.80. The van der Waals surface area contributed by atoms with E-state index in [-0.39, 0.29) is 6.42 Å². The number of allylic oxidation sites excluding steroid dienone is 1. The fraction of sp³-hybridized carbons (Fsp3) is 0.200. The summed E-state index contributed by atoms with van der Waals surface area (Å²) in [6, 6.07) is 0. The van der Waals surface area contributed by atoms with Gasteiger partial charge in [0.15, 0.2) is 0 Å². The summed E-state index contributed by atoms with van der Waals surface area (Å²) in [7, 11) is 0. The molecular formula is C5H6O2. The van der Waals surface area contributed by atoms with Crippen LogP contribution in [0.3, 0.4) is 0 Å². The molecule has 0 aliphatic heterocycles. The summed E-state index contributed by atoms with van der Waals surface area (Å²) in [6.07, 6.45) is 1.38. The molecule has 0 aliphatic rings. The van der Waals surface area contributed by atoms with Gasteiger partial charge in [0, 0.05) is 6.42 Å². The van der Waals surface area contributed by atoms with Crippen LogP contribution in [-0.4, -0.2) is 12.6 Å². The molecule has 0 heterocycles. The van der Waals surface area contributed by atoms with Crippen LogP contribution in [0.5, 0.6) is 0 Å². The molecule has 0 N–H and O–H groups in total. The molecule has 0 aromatic heterocycles. The van der Waals surface area contributed by atoms with Crippen LogP contribution >= 0.6 is 0 Å². The fourth-order valence-electron chi connectivity index (χ4n) is 0.155. The van der Waals surface area contributed by atoms with Crippen LogP contribution in [0.4, 0.5) is 0 Å². The molecule has 0 bridgehead atoms. The highest BCUT2D eigenvalue weighted by atomic mass is 16.1. The summed E-state index contributed by atoms with van der Waals surface area (Å²) in [5.41, 5.74) is 0.329. The van der Waals surface area contributed by atoms with Gasteiger partial charge in [-0.2, -0.15) is 0 Å². The summed E-state index contributed by atoms with van der Waals surface area (Å²) in [4.78, 5) is 19.2. The van der Waals surface area contributed by atoms with Gasteiger partial charge in [0.25, 0.3) is 0 Å². The molecule has 0 saturated heterocycles. The molecule has 0 spiro atoms. The first kappa shape index (κ1) is 6.08. The number of rotatable bonds is 3. The van der Waals surface area contributed by atoms with Crippen molar-refractivity contribution in [1.29, 1.82) is 0 Å². The van der Waals surface area contributed by atoms with Gasteiger partial charge in [0.2, 0.25) is 0 Å². The van der Waals surface area contributed by atoms with Crippen molar-refractivity contribution < 1.29 is 9.59 Å². The van der Waals surface area contributed by atoms with Gasteiger partial charge in [0.05, 0.1) is 0 Å². The molecule has 0 atom stereocenters. The highest BCUT2D eigenvalue weighted by Gasteiger charge is 1.83. The molecule has 0 radical (unpaired) electrons. The largest absolute Gasteiger partial charge is 0.303 e. The Bertz CT molecular complexity index is 94.3. The first-order valence-electron chi connectivity index (χ1n) is 1.88. The molecule has 2 nitrogen and oxygen atoms in total. The van der Waals surface area contributed by atoms with Gasteiger partial charge in [-0.25, -0.2) is 0 Å². The Morgan fingerprint density at radius 3 is 2.29 bits per heavy atom. The van der Waals surface area contributed by atoms with Crippen molar-refractivity contribution in [3.8, 4) is 0 Å². The van der Waals surface area contributed by atoms with Crippen molar-refractivity contribution in [1.82, 2.24) is 0 Å². The Morgan fingerprint density at radius 1 is 1.57 bits per heavy atom. The van der Waals surface area contributed by atoms with Gasteiger partial charge in [-0.15, -0.1) is 0 Å². The number of carbonyl (C=O) groups excluding carboxylic acids is 2. The highest BCUT2D eigenvalue weighted by Crippen LogP contribution is 1.85. The van der Waals surface area contributed by atoms with Gasteiger partial charge in [-0.1, -0.05) is 6.58 Å². The smallest absolute Gasteiger partial charge is 0.145 e. The van der Waals surface area contributed by atoms with E-state index in [2.05, 4.69) is 6.58 Å². The fourth-order valence-corrected chi connectivity index (χ4v) is 0.155. The van der Waals surface area contributed by atoms with Crippen LogP contribution in [0.2, 0.25) is 0 Å². The zero-order chi connectivity index (χ0) is 5.70. The average molecular weight is 98.1 g/mol. The Labute approximate surface area is 41.8 Å². The first-order valence-corrected chi connectivity index (χ1v) is 1.88. The Morgan fingerprint density at radius 2 is 2.14 bits per heavy atom. The van der Waals surface area contributed by atoms with E-state index >= 15 is 0 Å². The van der Waals surface area contributed by atoms with Crippen LogP contribution in [0.25, 0.3) is 0 Å². The molecule has 2 heteroatoms. The normalized spacial score (nSPS) is 7.43. The molecule has 0 amide bonds. The third kappa shape index (κ3) is 2.89. The minimum Gasteiger partial charge on any atom is -0.303 e. The van der Waals surface area contributed by atoms with Gasteiger partial charge < -0.3 is 4.79 Å². The van der Waals surface area contributed by atoms with Crippen molar-refractivity contribution in [2.45, 2.75) is 6.42 Å². The number of hydrogen-bond acceptors (Lipinski definition) is 2. The predicted molar refractivity (Wildman–Crippen MR) is 25.9 cm³/mol. The van der Waals surface area contributed by atoms with Crippen LogP contribution in [0, 0.1) is 0 Å². The number of carbonyl (C=O) groups is 2. The second-order valence-corrected chi connectivity index (χ2v) is 1.15. The summed E-state index contributed by atoms with van der Waals surface area (Å²) < 4.78 is 0. The summed E-state index contributed by atoms with van der Waals surface area (Å²) in [5.74, 6) is 0. The average Bonchev–Trinajstić information content (AvgIpc) is 1.68. The summed E-state index contributed by atoms with van der Waals surface area (Å²) in [6.45, 7) is 3.26. The molecule has 38 valence electrons. The lowest BCUT2D eigenvalue weighted by molar-refractivity contribution is -0.109. The number of hydrogen-bond donors (Lipinski definition) is 0. The first-order chi connectivity index (χ1) is 3.31. The minimum atomic E-state index is 0.156. The van der Waals surface area contributed by atoms with E-state index in [1.807, 2.05) is 0 Å². The van der Waals surface area contributed by atoms with E-state index in [0.29, 0.717) is 18.1 Å². The predicted octanol–water partition coefficient (Wildman–Crippen LogP) is 0.330. The van der Waals surface area contributed by atoms with E-state index in [1.54, 1.807) is 0 Å². The summed E-state index contributed by atoms with van der Waals surface area (Å²) >= 11 is 0. The Balaban J connectivity index is 3.36. The second-order valence-electron chi connectivity index (χ2n) is 1.15. The van der Waals surface area contributed by atoms with Gasteiger partial charge in [-0.05, 0) is 5.57 Å². The maximum atomic E-state index is 9.64. The molecule has 7 heavy (non-hydrogen) atoms. The van der Waals surface area contributed by atoms with Crippen molar-refractivity contribution in [2.75, 3.05) is 0 Å². The minimum absolute atomic E-state index is 0.156. The van der Waals surface area contributed by atoms with E-state index < -0.39 is 0 Å². The lowest BCUT2D eigenvalue weighted by atomic mass is 10.3. The molecule has 0 saturated carbocycles. The van der Waals surface area contributed by atoms with E-state index in [9.17, 15) is 9.59 Å². The lowest BCUT2D eigenvalue weighted by Gasteiger charge is -1.78. The molecule has 0 aromatic carbocycles. The maximum Gasteiger partial charge on any atom is 0.145 e. The molecule has 0 fully saturated rings. The van der Waals surface area contributed by atoms with Crippen LogP contribution < -0.4 is 0 Å². The summed E-state index contributed by atoms with van der Waals surface area (Å²) in [5, 5.41) is 0. The zero-order valence-corrected chi connectivity index (χ0v) is 3.89. The Hall–Kier alpha value is -0.920. The second kappa shape index (κ2) is 3.28. The molecule has 0 unspecified atom stereocenters. The third-order valence-electron chi connectivity index (χ3n) is 0.512. The van der Waals surface area contributed by atoms with E-state index in [4.69, 9.17) is 0 Å². The highest BCUT2D eigenvalue weighted by molar-refractivity contribution is 5.77.